The third-order valence-corrected chi connectivity index (χ3v) is 2.43. The smallest absolute Gasteiger partial charge is 0.00324 e. The maximum atomic E-state index is 2.47. The maximum absolute atomic E-state index is 2.47. The van der Waals surface area contributed by atoms with Crippen molar-refractivity contribution in [2.75, 3.05) is 20.1 Å². The van der Waals surface area contributed by atoms with Gasteiger partial charge in [0.05, 0.1) is 0 Å². The lowest BCUT2D eigenvalue weighted by Crippen LogP contribution is -2.28. The highest BCUT2D eigenvalue weighted by atomic mass is 15.1. The minimum atomic E-state index is 0.684. The standard InChI is InChI=1S/C10H21N/c1-9(2)7-11(4)8-10(3)5-6-10/h9H,5-8H2,1-4H3. The van der Waals surface area contributed by atoms with Crippen LogP contribution >= 0.6 is 0 Å². The Hall–Kier alpha value is -0.0400. The van der Waals surface area contributed by atoms with Gasteiger partial charge in [-0.2, -0.15) is 0 Å². The van der Waals surface area contributed by atoms with Gasteiger partial charge >= 0.3 is 0 Å². The molecular formula is C10H21N. The first-order chi connectivity index (χ1) is 5.02. The Balaban J connectivity index is 2.15. The van der Waals surface area contributed by atoms with Gasteiger partial charge in [0.25, 0.3) is 0 Å². The van der Waals surface area contributed by atoms with Gasteiger partial charge in [-0.15, -0.1) is 0 Å². The van der Waals surface area contributed by atoms with Gasteiger partial charge in [-0.05, 0) is 31.2 Å². The van der Waals surface area contributed by atoms with Crippen molar-refractivity contribution in [3.8, 4) is 0 Å². The minimum Gasteiger partial charge on any atom is -0.306 e. The number of nitrogens with zero attached hydrogens (tertiary/aromatic N) is 1. The van der Waals surface area contributed by atoms with E-state index < -0.39 is 0 Å². The summed E-state index contributed by atoms with van der Waals surface area (Å²) in [5.74, 6) is 0.808. The van der Waals surface area contributed by atoms with E-state index in [0.717, 1.165) is 5.92 Å². The fraction of sp³-hybridized carbons (Fsp3) is 1.00. The zero-order chi connectivity index (χ0) is 8.48. The van der Waals surface area contributed by atoms with Crippen molar-refractivity contribution in [2.24, 2.45) is 11.3 Å². The van der Waals surface area contributed by atoms with Crippen molar-refractivity contribution in [1.29, 1.82) is 0 Å². The third-order valence-electron chi connectivity index (χ3n) is 2.43. The molecule has 1 aliphatic rings. The summed E-state index contributed by atoms with van der Waals surface area (Å²) in [5.41, 5.74) is 0.684. The van der Waals surface area contributed by atoms with E-state index in [1.54, 1.807) is 0 Å². The van der Waals surface area contributed by atoms with Crippen molar-refractivity contribution in [3.63, 3.8) is 0 Å². The van der Waals surface area contributed by atoms with E-state index in [1.807, 2.05) is 0 Å². The van der Waals surface area contributed by atoms with Crippen LogP contribution in [0.1, 0.15) is 33.6 Å². The fourth-order valence-corrected chi connectivity index (χ4v) is 1.71. The van der Waals surface area contributed by atoms with Crippen LogP contribution in [-0.2, 0) is 0 Å². The Bertz CT molecular complexity index is 125. The summed E-state index contributed by atoms with van der Waals surface area (Å²) < 4.78 is 0. The van der Waals surface area contributed by atoms with Crippen LogP contribution in [0.5, 0.6) is 0 Å². The zero-order valence-electron chi connectivity index (χ0n) is 8.35. The molecule has 0 aromatic rings. The molecule has 0 spiro atoms. The second kappa shape index (κ2) is 3.14. The molecule has 0 radical (unpaired) electrons. The quantitative estimate of drug-likeness (QED) is 0.602. The molecule has 1 heteroatoms. The first-order valence-corrected chi connectivity index (χ1v) is 4.70. The number of hydrogen-bond donors (Lipinski definition) is 0. The number of rotatable bonds is 4. The summed E-state index contributed by atoms with van der Waals surface area (Å²) in [6.45, 7) is 9.50. The van der Waals surface area contributed by atoms with Crippen LogP contribution in [0.4, 0.5) is 0 Å². The summed E-state index contributed by atoms with van der Waals surface area (Å²) in [6.07, 6.45) is 2.88. The predicted octanol–water partition coefficient (Wildman–Crippen LogP) is 2.37. The molecule has 66 valence electrons. The second-order valence-electron chi connectivity index (χ2n) is 4.90. The van der Waals surface area contributed by atoms with Gasteiger partial charge in [0, 0.05) is 13.1 Å². The lowest BCUT2D eigenvalue weighted by molar-refractivity contribution is 0.248. The van der Waals surface area contributed by atoms with Crippen LogP contribution in [0.2, 0.25) is 0 Å². The first kappa shape index (κ1) is 9.05. The molecule has 1 fully saturated rings. The highest BCUT2D eigenvalue weighted by molar-refractivity contribution is 4.90. The molecule has 0 N–H and O–H groups in total. The third kappa shape index (κ3) is 3.24. The molecule has 1 nitrogen and oxygen atoms in total. The summed E-state index contributed by atoms with van der Waals surface area (Å²) in [4.78, 5) is 2.47. The van der Waals surface area contributed by atoms with Crippen molar-refractivity contribution >= 4 is 0 Å². The first-order valence-electron chi connectivity index (χ1n) is 4.70. The molecule has 1 rings (SSSR count). The van der Waals surface area contributed by atoms with Crippen LogP contribution in [0.15, 0.2) is 0 Å². The van der Waals surface area contributed by atoms with Crippen LogP contribution in [-0.4, -0.2) is 25.0 Å². The topological polar surface area (TPSA) is 3.24 Å². The Kier molecular flexibility index (Phi) is 2.58. The van der Waals surface area contributed by atoms with Crippen LogP contribution in [0, 0.1) is 11.3 Å². The van der Waals surface area contributed by atoms with E-state index in [9.17, 15) is 0 Å². The average Bonchev–Trinajstić information content (AvgIpc) is 2.44. The van der Waals surface area contributed by atoms with Gasteiger partial charge in [-0.3, -0.25) is 0 Å². The van der Waals surface area contributed by atoms with E-state index in [2.05, 4.69) is 32.7 Å². The van der Waals surface area contributed by atoms with E-state index in [-0.39, 0.29) is 0 Å². The van der Waals surface area contributed by atoms with Gasteiger partial charge in [-0.1, -0.05) is 20.8 Å². The molecule has 0 atom stereocenters. The minimum absolute atomic E-state index is 0.684. The lowest BCUT2D eigenvalue weighted by Gasteiger charge is -2.22. The van der Waals surface area contributed by atoms with Crippen molar-refractivity contribution < 1.29 is 0 Å². The van der Waals surface area contributed by atoms with Crippen LogP contribution in [0.25, 0.3) is 0 Å². The molecule has 1 saturated carbocycles. The van der Waals surface area contributed by atoms with E-state index in [0.29, 0.717) is 5.41 Å². The Morgan fingerprint density at radius 2 is 1.91 bits per heavy atom. The normalized spacial score (nSPS) is 21.3. The molecule has 0 saturated heterocycles. The van der Waals surface area contributed by atoms with Gasteiger partial charge in [0.15, 0.2) is 0 Å². The molecule has 0 aromatic heterocycles. The molecule has 11 heavy (non-hydrogen) atoms. The maximum Gasteiger partial charge on any atom is 0.00324 e. The predicted molar refractivity (Wildman–Crippen MR) is 49.7 cm³/mol. The molecule has 0 heterocycles. The largest absolute Gasteiger partial charge is 0.306 e. The molecule has 0 bridgehead atoms. The molecule has 0 unspecified atom stereocenters. The molecular weight excluding hydrogens is 134 g/mol. The van der Waals surface area contributed by atoms with Gasteiger partial charge < -0.3 is 4.90 Å². The summed E-state index contributed by atoms with van der Waals surface area (Å²) in [7, 11) is 2.24. The SMILES string of the molecule is CC(C)CN(C)CC1(C)CC1. The fourth-order valence-electron chi connectivity index (χ4n) is 1.71. The Labute approximate surface area is 70.8 Å². The van der Waals surface area contributed by atoms with Gasteiger partial charge in [0.2, 0.25) is 0 Å². The average molecular weight is 155 g/mol. The molecule has 0 aliphatic heterocycles. The molecule has 0 amide bonds. The van der Waals surface area contributed by atoms with Crippen molar-refractivity contribution in [2.45, 2.75) is 33.6 Å². The van der Waals surface area contributed by atoms with Crippen LogP contribution in [0.3, 0.4) is 0 Å². The van der Waals surface area contributed by atoms with E-state index >= 15 is 0 Å². The molecule has 1 aliphatic carbocycles. The Morgan fingerprint density at radius 1 is 1.36 bits per heavy atom. The summed E-state index contributed by atoms with van der Waals surface area (Å²) in [5, 5.41) is 0. The monoisotopic (exact) mass is 155 g/mol. The second-order valence-corrected chi connectivity index (χ2v) is 4.90. The highest BCUT2D eigenvalue weighted by Gasteiger charge is 2.37. The van der Waals surface area contributed by atoms with E-state index in [4.69, 9.17) is 0 Å². The number of hydrogen-bond acceptors (Lipinski definition) is 1. The summed E-state index contributed by atoms with van der Waals surface area (Å²) >= 11 is 0. The highest BCUT2D eigenvalue weighted by Crippen LogP contribution is 2.45. The van der Waals surface area contributed by atoms with Crippen LogP contribution < -0.4 is 0 Å². The lowest BCUT2D eigenvalue weighted by atomic mass is 10.1. The van der Waals surface area contributed by atoms with Gasteiger partial charge in [-0.25, -0.2) is 0 Å². The molecule has 0 aromatic carbocycles. The summed E-state index contributed by atoms with van der Waals surface area (Å²) in [6, 6.07) is 0. The Morgan fingerprint density at radius 3 is 2.27 bits per heavy atom. The van der Waals surface area contributed by atoms with Gasteiger partial charge in [0.1, 0.15) is 0 Å². The van der Waals surface area contributed by atoms with Crippen molar-refractivity contribution in [3.05, 3.63) is 0 Å². The van der Waals surface area contributed by atoms with Crippen molar-refractivity contribution in [1.82, 2.24) is 4.90 Å². The zero-order valence-corrected chi connectivity index (χ0v) is 8.35. The van der Waals surface area contributed by atoms with E-state index in [1.165, 1.54) is 25.9 Å².